The molecule has 0 spiro atoms. The number of nitrogens with zero attached hydrogens (tertiary/aromatic N) is 2. The first kappa shape index (κ1) is 25.4. The minimum atomic E-state index is -0.304. The fourth-order valence-electron chi connectivity index (χ4n) is 4.50. The van der Waals surface area contributed by atoms with Gasteiger partial charge in [-0.25, -0.2) is 4.39 Å². The number of halogens is 1. The average Bonchev–Trinajstić information content (AvgIpc) is 3.72. The van der Waals surface area contributed by atoms with Crippen LogP contribution in [0.5, 0.6) is 0 Å². The monoisotopic (exact) mass is 487 g/mol. The number of rotatable bonds is 10. The normalized spacial score (nSPS) is 13.7. The van der Waals surface area contributed by atoms with Crippen LogP contribution in [0.3, 0.4) is 0 Å². The molecule has 0 aliphatic heterocycles. The van der Waals surface area contributed by atoms with E-state index in [4.69, 9.17) is 0 Å². The zero-order valence-electron chi connectivity index (χ0n) is 21.2. The predicted octanol–water partition coefficient (Wildman–Crippen LogP) is 5.96. The second-order valence-corrected chi connectivity index (χ2v) is 9.69. The van der Waals surface area contributed by atoms with Crippen LogP contribution in [0.4, 0.5) is 15.8 Å². The predicted molar refractivity (Wildman–Crippen MR) is 142 cm³/mol. The lowest BCUT2D eigenvalue weighted by Gasteiger charge is -2.29. The average molecular weight is 488 g/mol. The van der Waals surface area contributed by atoms with Gasteiger partial charge >= 0.3 is 0 Å². The molecular formula is C30H34FN3O2. The summed E-state index contributed by atoms with van der Waals surface area (Å²) < 4.78 is 13.6. The maximum Gasteiger partial charge on any atom is 0.230 e. The van der Waals surface area contributed by atoms with Gasteiger partial charge in [0.25, 0.3) is 0 Å². The lowest BCUT2D eigenvalue weighted by atomic mass is 9.94. The molecule has 3 aromatic rings. The van der Waals surface area contributed by atoms with Gasteiger partial charge in [-0.2, -0.15) is 0 Å². The molecule has 1 fully saturated rings. The lowest BCUT2D eigenvalue weighted by molar-refractivity contribution is -0.134. The highest BCUT2D eigenvalue weighted by atomic mass is 19.1. The third-order valence-electron chi connectivity index (χ3n) is 6.64. The molecule has 0 heterocycles. The molecule has 0 saturated heterocycles. The quantitative estimate of drug-likeness (QED) is 0.384. The molecule has 1 unspecified atom stereocenters. The van der Waals surface area contributed by atoms with Gasteiger partial charge in [0.05, 0.1) is 5.92 Å². The summed E-state index contributed by atoms with van der Waals surface area (Å²) >= 11 is 0. The second-order valence-electron chi connectivity index (χ2n) is 9.69. The van der Waals surface area contributed by atoms with E-state index in [1.807, 2.05) is 79.3 Å². The molecule has 1 atom stereocenters. The number of benzene rings is 3. The molecule has 0 aromatic heterocycles. The van der Waals surface area contributed by atoms with E-state index >= 15 is 0 Å². The summed E-state index contributed by atoms with van der Waals surface area (Å²) in [6.07, 6.45) is 2.54. The van der Waals surface area contributed by atoms with Gasteiger partial charge in [0.15, 0.2) is 0 Å². The Morgan fingerprint density at radius 1 is 0.972 bits per heavy atom. The highest BCUT2D eigenvalue weighted by molar-refractivity contribution is 5.94. The second kappa shape index (κ2) is 11.4. The Hall–Kier alpha value is -3.67. The van der Waals surface area contributed by atoms with Crippen LogP contribution in [0, 0.1) is 11.7 Å². The van der Waals surface area contributed by atoms with E-state index < -0.39 is 0 Å². The van der Waals surface area contributed by atoms with E-state index in [9.17, 15) is 14.0 Å². The first-order chi connectivity index (χ1) is 17.4. The number of hydrogen-bond donors (Lipinski definition) is 1. The number of hydrogen-bond acceptors (Lipinski definition) is 3. The van der Waals surface area contributed by atoms with Crippen molar-refractivity contribution in [2.75, 3.05) is 24.3 Å². The summed E-state index contributed by atoms with van der Waals surface area (Å²) in [5.41, 5.74) is 4.48. The molecule has 5 nitrogen and oxygen atoms in total. The third-order valence-corrected chi connectivity index (χ3v) is 6.64. The number of amides is 2. The zero-order chi connectivity index (χ0) is 25.7. The van der Waals surface area contributed by atoms with Crippen LogP contribution in [0.2, 0.25) is 0 Å². The van der Waals surface area contributed by atoms with Gasteiger partial charge in [-0.3, -0.25) is 9.59 Å². The highest BCUT2D eigenvalue weighted by Gasteiger charge is 2.30. The summed E-state index contributed by atoms with van der Waals surface area (Å²) in [4.78, 5) is 30.2. The van der Waals surface area contributed by atoms with Crippen molar-refractivity contribution in [1.82, 2.24) is 4.90 Å². The van der Waals surface area contributed by atoms with E-state index in [2.05, 4.69) is 5.32 Å². The number of carbonyl (C=O) groups is 2. The van der Waals surface area contributed by atoms with Gasteiger partial charge in [-0.15, -0.1) is 0 Å². The summed E-state index contributed by atoms with van der Waals surface area (Å²) in [7, 11) is 3.93. The molecule has 1 aliphatic carbocycles. The standard InChI is InChI=1S/C30H34FN3O2/c1-4-27(22-8-6-5-7-9-22)30(36)34(19-21-10-14-25(31)15-11-21)20-24-18-26(16-17-28(24)33(2)3)32-29(35)23-12-13-23/h5-11,14-18,23,27H,4,12-13,19-20H2,1-3H3,(H,32,35). The Bertz CT molecular complexity index is 1190. The number of carbonyl (C=O) groups excluding carboxylic acids is 2. The molecule has 6 heteroatoms. The van der Waals surface area contributed by atoms with Gasteiger partial charge in [-0.1, -0.05) is 49.4 Å². The molecule has 1 saturated carbocycles. The molecule has 1 aliphatic rings. The van der Waals surface area contributed by atoms with Gasteiger partial charge < -0.3 is 15.1 Å². The summed E-state index contributed by atoms with van der Waals surface area (Å²) in [6.45, 7) is 2.74. The maximum atomic E-state index is 14.0. The van der Waals surface area contributed by atoms with Crippen molar-refractivity contribution in [2.45, 2.75) is 45.2 Å². The van der Waals surface area contributed by atoms with E-state index in [-0.39, 0.29) is 29.5 Å². The van der Waals surface area contributed by atoms with Gasteiger partial charge in [0.1, 0.15) is 5.82 Å². The summed E-state index contributed by atoms with van der Waals surface area (Å²) in [5.74, 6) is -0.415. The van der Waals surface area contributed by atoms with Crippen molar-refractivity contribution in [2.24, 2.45) is 5.92 Å². The lowest BCUT2D eigenvalue weighted by Crippen LogP contribution is -2.34. The fraction of sp³-hybridized carbons (Fsp3) is 0.333. The number of nitrogens with one attached hydrogen (secondary N) is 1. The molecule has 3 aromatic carbocycles. The SMILES string of the molecule is CCC(C(=O)N(Cc1ccc(F)cc1)Cc1cc(NC(=O)C2CC2)ccc1N(C)C)c1ccccc1. The Morgan fingerprint density at radius 2 is 1.67 bits per heavy atom. The van der Waals surface area contributed by atoms with Gasteiger partial charge in [-0.05, 0) is 66.3 Å². The van der Waals surface area contributed by atoms with Crippen molar-refractivity contribution in [3.63, 3.8) is 0 Å². The first-order valence-corrected chi connectivity index (χ1v) is 12.5. The Balaban J connectivity index is 1.67. The zero-order valence-corrected chi connectivity index (χ0v) is 21.2. The first-order valence-electron chi connectivity index (χ1n) is 12.5. The van der Waals surface area contributed by atoms with E-state index in [1.165, 1.54) is 12.1 Å². The van der Waals surface area contributed by atoms with Crippen LogP contribution < -0.4 is 10.2 Å². The van der Waals surface area contributed by atoms with Crippen LogP contribution in [0.1, 0.15) is 48.8 Å². The van der Waals surface area contributed by atoms with Gasteiger partial charge in [0.2, 0.25) is 11.8 Å². The van der Waals surface area contributed by atoms with Crippen molar-refractivity contribution in [3.8, 4) is 0 Å². The van der Waals surface area contributed by atoms with Crippen LogP contribution >= 0.6 is 0 Å². The Kier molecular flexibility index (Phi) is 8.04. The van der Waals surface area contributed by atoms with Crippen LogP contribution in [-0.2, 0) is 22.7 Å². The largest absolute Gasteiger partial charge is 0.377 e. The molecule has 36 heavy (non-hydrogen) atoms. The highest BCUT2D eigenvalue weighted by Crippen LogP contribution is 2.32. The van der Waals surface area contributed by atoms with Crippen LogP contribution in [0.25, 0.3) is 0 Å². The molecule has 2 amide bonds. The molecule has 188 valence electrons. The van der Waals surface area contributed by atoms with Crippen molar-refractivity contribution in [1.29, 1.82) is 0 Å². The van der Waals surface area contributed by atoms with E-state index in [0.717, 1.165) is 40.9 Å². The minimum Gasteiger partial charge on any atom is -0.377 e. The van der Waals surface area contributed by atoms with E-state index in [0.29, 0.717) is 19.5 Å². The molecule has 0 radical (unpaired) electrons. The third kappa shape index (κ3) is 6.30. The summed E-state index contributed by atoms with van der Waals surface area (Å²) in [5, 5.41) is 3.03. The molecule has 4 rings (SSSR count). The van der Waals surface area contributed by atoms with Gasteiger partial charge in [0, 0.05) is 44.5 Å². The molecule has 0 bridgehead atoms. The number of anilines is 2. The molecular weight excluding hydrogens is 453 g/mol. The van der Waals surface area contributed by atoms with Crippen LogP contribution in [0.15, 0.2) is 72.8 Å². The van der Waals surface area contributed by atoms with Crippen molar-refractivity contribution >= 4 is 23.2 Å². The van der Waals surface area contributed by atoms with E-state index in [1.54, 1.807) is 12.1 Å². The maximum absolute atomic E-state index is 14.0. The fourth-order valence-corrected chi connectivity index (χ4v) is 4.50. The van der Waals surface area contributed by atoms with Crippen LogP contribution in [-0.4, -0.2) is 30.8 Å². The summed E-state index contributed by atoms with van der Waals surface area (Å²) in [6, 6.07) is 22.0. The van der Waals surface area contributed by atoms with Crippen molar-refractivity contribution < 1.29 is 14.0 Å². The Morgan fingerprint density at radius 3 is 2.28 bits per heavy atom. The minimum absolute atomic E-state index is 0.0187. The molecule has 1 N–H and O–H groups in total. The smallest absolute Gasteiger partial charge is 0.230 e. The Labute approximate surface area is 212 Å². The topological polar surface area (TPSA) is 52.7 Å². The van der Waals surface area contributed by atoms with Crippen molar-refractivity contribution in [3.05, 3.63) is 95.3 Å².